The summed E-state index contributed by atoms with van der Waals surface area (Å²) in [6.07, 6.45) is 1.41. The zero-order chi connectivity index (χ0) is 18.0. The van der Waals surface area contributed by atoms with E-state index in [-0.39, 0.29) is 40.4 Å². The quantitative estimate of drug-likeness (QED) is 0.322. The Labute approximate surface area is 155 Å². The summed E-state index contributed by atoms with van der Waals surface area (Å²) in [5, 5.41) is 0. The van der Waals surface area contributed by atoms with Crippen LogP contribution in [-0.2, 0) is 23.8 Å². The van der Waals surface area contributed by atoms with E-state index in [4.69, 9.17) is 19.4 Å². The molecular weight excluding hydrogens is 469 g/mol. The maximum atomic E-state index is 11.9. The molecule has 0 spiro atoms. The van der Waals surface area contributed by atoms with Gasteiger partial charge in [-0.25, -0.2) is 4.98 Å². The van der Waals surface area contributed by atoms with Crippen LogP contribution in [0.4, 0.5) is 5.95 Å². The van der Waals surface area contributed by atoms with E-state index < -0.39 is 27.5 Å². The highest BCUT2D eigenvalue weighted by atomic mass is 127. The van der Waals surface area contributed by atoms with Crippen LogP contribution in [0.5, 0.6) is 0 Å². The molecule has 2 aromatic heterocycles. The standard InChI is InChI=1S/C12H14IN5O6S/c1-25(20,21)23-3-12-2-22-6(7(12)13)10(24-12)18-4-15-5-8(18)16-11(14)17-9(5)19/h4,6-7,10H,2-3H2,1H3,(H3,14,16,17,19)/t6-,7?,10+,12+/m0/s1. The Morgan fingerprint density at radius 2 is 2.36 bits per heavy atom. The molecule has 2 saturated heterocycles. The summed E-state index contributed by atoms with van der Waals surface area (Å²) in [6.45, 7) is 0.0509. The van der Waals surface area contributed by atoms with Crippen molar-refractivity contribution in [3.63, 3.8) is 0 Å². The molecule has 0 saturated carbocycles. The minimum Gasteiger partial charge on any atom is -0.369 e. The molecule has 2 fully saturated rings. The van der Waals surface area contributed by atoms with Gasteiger partial charge in [-0.2, -0.15) is 13.4 Å². The first kappa shape index (κ1) is 17.1. The zero-order valence-electron chi connectivity index (χ0n) is 12.9. The summed E-state index contributed by atoms with van der Waals surface area (Å²) >= 11 is 2.16. The van der Waals surface area contributed by atoms with E-state index in [0.29, 0.717) is 0 Å². The average Bonchev–Trinajstić information content (AvgIpc) is 3.15. The number of imidazole rings is 1. The number of hydrogen-bond donors (Lipinski definition) is 2. The largest absolute Gasteiger partial charge is 0.369 e. The Balaban J connectivity index is 1.71. The van der Waals surface area contributed by atoms with Crippen LogP contribution >= 0.6 is 22.6 Å². The monoisotopic (exact) mass is 483 g/mol. The van der Waals surface area contributed by atoms with E-state index in [1.54, 1.807) is 4.57 Å². The van der Waals surface area contributed by atoms with Gasteiger partial charge in [0.15, 0.2) is 17.4 Å². The summed E-state index contributed by atoms with van der Waals surface area (Å²) < 4.78 is 40.9. The van der Waals surface area contributed by atoms with Gasteiger partial charge in [-0.3, -0.25) is 18.5 Å². The first-order chi connectivity index (χ1) is 11.7. The normalized spacial score (nSPS) is 31.8. The second-order valence-electron chi connectivity index (χ2n) is 5.99. The van der Waals surface area contributed by atoms with Crippen LogP contribution in [0, 0.1) is 0 Å². The van der Waals surface area contributed by atoms with Crippen molar-refractivity contribution in [3.8, 4) is 0 Å². The van der Waals surface area contributed by atoms with E-state index in [9.17, 15) is 13.2 Å². The number of rotatable bonds is 4. The molecule has 4 rings (SSSR count). The smallest absolute Gasteiger partial charge is 0.280 e. The lowest BCUT2D eigenvalue weighted by atomic mass is 10.0. The molecule has 0 aromatic carbocycles. The molecule has 3 N–H and O–H groups in total. The van der Waals surface area contributed by atoms with Crippen molar-refractivity contribution in [1.82, 2.24) is 19.5 Å². The van der Waals surface area contributed by atoms with Gasteiger partial charge in [0, 0.05) is 0 Å². The van der Waals surface area contributed by atoms with Crippen molar-refractivity contribution in [2.45, 2.75) is 21.9 Å². The molecule has 0 radical (unpaired) electrons. The highest BCUT2D eigenvalue weighted by molar-refractivity contribution is 14.1. The van der Waals surface area contributed by atoms with Crippen molar-refractivity contribution in [3.05, 3.63) is 16.7 Å². The lowest BCUT2D eigenvalue weighted by molar-refractivity contribution is -0.179. The number of alkyl halides is 1. The molecule has 11 nitrogen and oxygen atoms in total. The zero-order valence-corrected chi connectivity index (χ0v) is 15.9. The minimum absolute atomic E-state index is 0.0375. The Morgan fingerprint density at radius 1 is 1.60 bits per heavy atom. The third-order valence-corrected chi connectivity index (χ3v) is 6.58. The van der Waals surface area contributed by atoms with Gasteiger partial charge in [-0.15, -0.1) is 0 Å². The molecule has 13 heteroatoms. The molecule has 0 amide bonds. The second kappa shape index (κ2) is 5.60. The number of nitrogens with one attached hydrogen (secondary N) is 1. The van der Waals surface area contributed by atoms with Gasteiger partial charge < -0.3 is 15.2 Å². The van der Waals surface area contributed by atoms with Crippen LogP contribution in [0.3, 0.4) is 0 Å². The summed E-state index contributed by atoms with van der Waals surface area (Å²) in [6, 6.07) is 0. The molecular formula is C12H14IN5O6S. The van der Waals surface area contributed by atoms with Gasteiger partial charge in [-0.05, 0) is 0 Å². The molecule has 25 heavy (non-hydrogen) atoms. The highest BCUT2D eigenvalue weighted by Crippen LogP contribution is 2.49. The minimum atomic E-state index is -3.61. The van der Waals surface area contributed by atoms with Gasteiger partial charge in [0.05, 0.1) is 29.7 Å². The summed E-state index contributed by atoms with van der Waals surface area (Å²) in [7, 11) is -3.61. The fourth-order valence-corrected chi connectivity index (χ4v) is 4.52. The number of nitrogens with two attached hydrogens (primary N) is 1. The number of nitrogen functional groups attached to an aromatic ring is 1. The molecule has 136 valence electrons. The number of aromatic nitrogens is 4. The third kappa shape index (κ3) is 2.73. The van der Waals surface area contributed by atoms with Crippen LogP contribution in [0.2, 0.25) is 0 Å². The van der Waals surface area contributed by atoms with E-state index in [1.807, 2.05) is 0 Å². The van der Waals surface area contributed by atoms with Crippen LogP contribution in [0.1, 0.15) is 6.23 Å². The molecule has 2 bridgehead atoms. The van der Waals surface area contributed by atoms with E-state index in [1.165, 1.54) is 6.33 Å². The van der Waals surface area contributed by atoms with Gasteiger partial charge in [-0.1, -0.05) is 22.6 Å². The fraction of sp³-hybridized carbons (Fsp3) is 0.583. The topological polar surface area (TPSA) is 151 Å². The average molecular weight is 483 g/mol. The van der Waals surface area contributed by atoms with E-state index in [2.05, 4.69) is 37.5 Å². The van der Waals surface area contributed by atoms with Gasteiger partial charge >= 0.3 is 0 Å². The van der Waals surface area contributed by atoms with Crippen LogP contribution in [0.15, 0.2) is 11.1 Å². The number of hydrogen-bond acceptors (Lipinski definition) is 9. The van der Waals surface area contributed by atoms with Crippen LogP contribution < -0.4 is 11.3 Å². The Hall–Kier alpha value is -1.29. The predicted octanol–water partition coefficient (Wildman–Crippen LogP) is -0.852. The SMILES string of the molecule is CS(=O)(=O)OC[C@]12CO[C@@H](C1I)[C@H](n1cnc3c(=O)[nH]c(N)nc31)O2. The second-order valence-corrected chi connectivity index (χ2v) is 8.98. The van der Waals surface area contributed by atoms with Crippen LogP contribution in [-0.4, -0.2) is 63.0 Å². The molecule has 2 aliphatic rings. The Morgan fingerprint density at radius 3 is 3.08 bits per heavy atom. The lowest BCUT2D eigenvalue weighted by Gasteiger charge is -2.30. The summed E-state index contributed by atoms with van der Waals surface area (Å²) in [4.78, 5) is 22.5. The number of halogens is 1. The van der Waals surface area contributed by atoms with Crippen molar-refractivity contribution in [1.29, 1.82) is 0 Å². The number of H-pyrrole nitrogens is 1. The van der Waals surface area contributed by atoms with E-state index in [0.717, 1.165) is 6.26 Å². The number of aromatic amines is 1. The van der Waals surface area contributed by atoms with Crippen molar-refractivity contribution in [2.75, 3.05) is 25.2 Å². The first-order valence-electron chi connectivity index (χ1n) is 7.20. The molecule has 2 aliphatic heterocycles. The molecule has 1 unspecified atom stereocenters. The lowest BCUT2D eigenvalue weighted by Crippen LogP contribution is -2.43. The Kier molecular flexibility index (Phi) is 3.84. The number of anilines is 1. The highest BCUT2D eigenvalue weighted by Gasteiger charge is 2.61. The predicted molar refractivity (Wildman–Crippen MR) is 93.8 cm³/mol. The maximum absolute atomic E-state index is 11.9. The molecule has 4 heterocycles. The van der Waals surface area contributed by atoms with Crippen molar-refractivity contribution < 1.29 is 22.1 Å². The summed E-state index contributed by atoms with van der Waals surface area (Å²) in [5.41, 5.74) is 4.64. The van der Waals surface area contributed by atoms with E-state index >= 15 is 0 Å². The number of ether oxygens (including phenoxy) is 2. The van der Waals surface area contributed by atoms with Crippen molar-refractivity contribution in [2.24, 2.45) is 0 Å². The first-order valence-corrected chi connectivity index (χ1v) is 10.3. The van der Waals surface area contributed by atoms with Gasteiger partial charge in [0.1, 0.15) is 11.7 Å². The summed E-state index contributed by atoms with van der Waals surface area (Å²) in [5.74, 6) is -0.0375. The Bertz CT molecular complexity index is 1010. The van der Waals surface area contributed by atoms with Crippen LogP contribution in [0.25, 0.3) is 11.2 Å². The third-order valence-electron chi connectivity index (χ3n) is 4.19. The molecule has 0 aliphatic carbocycles. The number of fused-ring (bicyclic) bond motifs is 3. The maximum Gasteiger partial charge on any atom is 0.280 e. The van der Waals surface area contributed by atoms with Crippen molar-refractivity contribution >= 4 is 49.8 Å². The van der Waals surface area contributed by atoms with Gasteiger partial charge in [0.2, 0.25) is 5.95 Å². The molecule has 2 aromatic rings. The fourth-order valence-electron chi connectivity index (χ4n) is 3.04. The molecule has 4 atom stereocenters. The van der Waals surface area contributed by atoms with Gasteiger partial charge in [0.25, 0.3) is 15.7 Å². The number of nitrogens with zero attached hydrogens (tertiary/aromatic N) is 3.